The Morgan fingerprint density at radius 1 is 1.29 bits per heavy atom. The molecule has 118 valence electrons. The first kappa shape index (κ1) is 16.4. The molecule has 4 nitrogen and oxygen atoms in total. The molecule has 1 heterocycles. The summed E-state index contributed by atoms with van der Waals surface area (Å²) in [4.78, 5) is 2.44. The fourth-order valence-electron chi connectivity index (χ4n) is 2.53. The normalized spacial score (nSPS) is 16.0. The molecule has 0 saturated carbocycles. The summed E-state index contributed by atoms with van der Waals surface area (Å²) in [6.07, 6.45) is 2.09. The van der Waals surface area contributed by atoms with E-state index in [-0.39, 0.29) is 0 Å². The Morgan fingerprint density at radius 2 is 2.05 bits per heavy atom. The van der Waals surface area contributed by atoms with Crippen molar-refractivity contribution in [3.05, 3.63) is 22.7 Å². The van der Waals surface area contributed by atoms with Gasteiger partial charge in [0.15, 0.2) is 11.5 Å². The Balaban J connectivity index is 1.92. The highest BCUT2D eigenvalue weighted by Crippen LogP contribution is 2.36. The van der Waals surface area contributed by atoms with Crippen molar-refractivity contribution in [3.63, 3.8) is 0 Å². The summed E-state index contributed by atoms with van der Waals surface area (Å²) in [7, 11) is 1.64. The van der Waals surface area contributed by atoms with Crippen molar-refractivity contribution in [2.75, 3.05) is 46.6 Å². The van der Waals surface area contributed by atoms with Crippen molar-refractivity contribution < 1.29 is 14.2 Å². The van der Waals surface area contributed by atoms with Crippen LogP contribution < -0.4 is 9.47 Å². The van der Waals surface area contributed by atoms with Crippen LogP contribution in [0.15, 0.2) is 12.1 Å². The van der Waals surface area contributed by atoms with Gasteiger partial charge in [-0.25, -0.2) is 0 Å². The molecule has 0 bridgehead atoms. The molecular weight excluding hydrogens is 290 g/mol. The van der Waals surface area contributed by atoms with E-state index in [1.165, 1.54) is 5.56 Å². The first-order chi connectivity index (χ1) is 10.2. The first-order valence-corrected chi connectivity index (χ1v) is 7.91. The molecule has 21 heavy (non-hydrogen) atoms. The molecule has 5 heteroatoms. The van der Waals surface area contributed by atoms with Gasteiger partial charge in [0, 0.05) is 13.1 Å². The number of morpholine rings is 1. The molecule has 1 saturated heterocycles. The van der Waals surface area contributed by atoms with Crippen LogP contribution >= 0.6 is 11.6 Å². The van der Waals surface area contributed by atoms with Gasteiger partial charge in [0.2, 0.25) is 0 Å². The standard InChI is InChI=1S/C16H24ClNO3/c1-3-21-16-14(17)11-13(12-15(16)19-2)5-4-6-18-7-9-20-10-8-18/h11-12H,3-10H2,1-2H3. The van der Waals surface area contributed by atoms with Gasteiger partial charge in [0.1, 0.15) is 0 Å². The number of benzene rings is 1. The Kier molecular flexibility index (Phi) is 6.61. The molecule has 1 aliphatic heterocycles. The minimum atomic E-state index is 0.576. The summed E-state index contributed by atoms with van der Waals surface area (Å²) in [6, 6.07) is 4.00. The fraction of sp³-hybridized carbons (Fsp3) is 0.625. The van der Waals surface area contributed by atoms with E-state index in [0.29, 0.717) is 23.1 Å². The monoisotopic (exact) mass is 313 g/mol. The third kappa shape index (κ3) is 4.77. The van der Waals surface area contributed by atoms with E-state index >= 15 is 0 Å². The van der Waals surface area contributed by atoms with E-state index in [1.807, 2.05) is 19.1 Å². The van der Waals surface area contributed by atoms with Crippen molar-refractivity contribution >= 4 is 11.6 Å². The molecule has 0 spiro atoms. The average Bonchev–Trinajstić information content (AvgIpc) is 2.51. The second kappa shape index (κ2) is 8.47. The zero-order valence-electron chi connectivity index (χ0n) is 12.9. The van der Waals surface area contributed by atoms with Gasteiger partial charge in [0.25, 0.3) is 0 Å². The highest BCUT2D eigenvalue weighted by molar-refractivity contribution is 6.32. The first-order valence-electron chi connectivity index (χ1n) is 7.54. The molecule has 1 aromatic rings. The van der Waals surface area contributed by atoms with Crippen LogP contribution in [-0.4, -0.2) is 51.5 Å². The maximum atomic E-state index is 6.29. The number of ether oxygens (including phenoxy) is 3. The van der Waals surface area contributed by atoms with E-state index in [0.717, 1.165) is 45.7 Å². The quantitative estimate of drug-likeness (QED) is 0.774. The number of halogens is 1. The Labute approximate surface area is 131 Å². The van der Waals surface area contributed by atoms with E-state index in [9.17, 15) is 0 Å². The molecule has 2 rings (SSSR count). The van der Waals surface area contributed by atoms with Crippen molar-refractivity contribution in [2.24, 2.45) is 0 Å². The van der Waals surface area contributed by atoms with Crippen LogP contribution in [0, 0.1) is 0 Å². The topological polar surface area (TPSA) is 30.9 Å². The number of hydrogen-bond donors (Lipinski definition) is 0. The molecule has 0 aliphatic carbocycles. The summed E-state index contributed by atoms with van der Waals surface area (Å²) < 4.78 is 16.3. The summed E-state index contributed by atoms with van der Waals surface area (Å²) in [5, 5.41) is 0.623. The lowest BCUT2D eigenvalue weighted by Gasteiger charge is -2.26. The van der Waals surface area contributed by atoms with Gasteiger partial charge in [-0.3, -0.25) is 4.90 Å². The number of rotatable bonds is 7. The predicted molar refractivity (Wildman–Crippen MR) is 84.8 cm³/mol. The second-order valence-electron chi connectivity index (χ2n) is 5.10. The second-order valence-corrected chi connectivity index (χ2v) is 5.51. The summed E-state index contributed by atoms with van der Waals surface area (Å²) in [5.41, 5.74) is 1.19. The van der Waals surface area contributed by atoms with Crippen LogP contribution in [0.25, 0.3) is 0 Å². The number of methoxy groups -OCH3 is 1. The zero-order chi connectivity index (χ0) is 15.1. The molecule has 1 fully saturated rings. The minimum absolute atomic E-state index is 0.576. The van der Waals surface area contributed by atoms with Crippen molar-refractivity contribution in [1.82, 2.24) is 4.90 Å². The molecule has 0 N–H and O–H groups in total. The maximum Gasteiger partial charge on any atom is 0.179 e. The van der Waals surface area contributed by atoms with Crippen LogP contribution in [0.1, 0.15) is 18.9 Å². The van der Waals surface area contributed by atoms with Crippen LogP contribution in [0.3, 0.4) is 0 Å². The van der Waals surface area contributed by atoms with Crippen LogP contribution in [0.4, 0.5) is 0 Å². The maximum absolute atomic E-state index is 6.29. The number of aryl methyl sites for hydroxylation is 1. The van der Waals surface area contributed by atoms with Crippen LogP contribution in [0.5, 0.6) is 11.5 Å². The van der Waals surface area contributed by atoms with Crippen molar-refractivity contribution in [3.8, 4) is 11.5 Å². The molecule has 0 aromatic heterocycles. The lowest BCUT2D eigenvalue weighted by molar-refractivity contribution is 0.0374. The van der Waals surface area contributed by atoms with E-state index in [4.69, 9.17) is 25.8 Å². The van der Waals surface area contributed by atoms with E-state index in [1.54, 1.807) is 7.11 Å². The Hall–Kier alpha value is -0.970. The molecule has 0 atom stereocenters. The molecule has 0 radical (unpaired) electrons. The van der Waals surface area contributed by atoms with Crippen molar-refractivity contribution in [2.45, 2.75) is 19.8 Å². The third-order valence-corrected chi connectivity index (χ3v) is 3.90. The minimum Gasteiger partial charge on any atom is -0.493 e. The number of nitrogens with zero attached hydrogens (tertiary/aromatic N) is 1. The van der Waals surface area contributed by atoms with Gasteiger partial charge in [0.05, 0.1) is 32.0 Å². The third-order valence-electron chi connectivity index (χ3n) is 3.62. The lowest BCUT2D eigenvalue weighted by atomic mass is 10.1. The SMILES string of the molecule is CCOc1c(Cl)cc(CCCN2CCOCC2)cc1OC. The smallest absolute Gasteiger partial charge is 0.179 e. The van der Waals surface area contributed by atoms with Crippen molar-refractivity contribution in [1.29, 1.82) is 0 Å². The highest BCUT2D eigenvalue weighted by atomic mass is 35.5. The van der Waals surface area contributed by atoms with Gasteiger partial charge in [-0.1, -0.05) is 11.6 Å². The van der Waals surface area contributed by atoms with Gasteiger partial charge >= 0.3 is 0 Å². The summed E-state index contributed by atoms with van der Waals surface area (Å²) in [5.74, 6) is 1.35. The molecule has 1 aromatic carbocycles. The van der Waals surface area contributed by atoms with Crippen LogP contribution in [0.2, 0.25) is 5.02 Å². The van der Waals surface area contributed by atoms with E-state index in [2.05, 4.69) is 4.90 Å². The predicted octanol–water partition coefficient (Wildman–Crippen LogP) is 3.01. The Morgan fingerprint density at radius 3 is 2.71 bits per heavy atom. The average molecular weight is 314 g/mol. The summed E-state index contributed by atoms with van der Waals surface area (Å²) in [6.45, 7) is 7.38. The molecule has 0 unspecified atom stereocenters. The van der Waals surface area contributed by atoms with Gasteiger partial charge in [-0.05, 0) is 44.0 Å². The zero-order valence-corrected chi connectivity index (χ0v) is 13.6. The van der Waals surface area contributed by atoms with Gasteiger partial charge in [-0.2, -0.15) is 0 Å². The molecule has 0 amide bonds. The Bertz CT molecular complexity index is 447. The lowest BCUT2D eigenvalue weighted by Crippen LogP contribution is -2.36. The van der Waals surface area contributed by atoms with Gasteiger partial charge < -0.3 is 14.2 Å². The fourth-order valence-corrected chi connectivity index (χ4v) is 2.82. The van der Waals surface area contributed by atoms with Crippen LogP contribution in [-0.2, 0) is 11.2 Å². The highest BCUT2D eigenvalue weighted by Gasteiger charge is 2.13. The number of hydrogen-bond acceptors (Lipinski definition) is 4. The van der Waals surface area contributed by atoms with Gasteiger partial charge in [-0.15, -0.1) is 0 Å². The largest absolute Gasteiger partial charge is 0.493 e. The summed E-state index contributed by atoms with van der Waals surface area (Å²) >= 11 is 6.29. The molecule has 1 aliphatic rings. The molecular formula is C16H24ClNO3. The van der Waals surface area contributed by atoms with E-state index < -0.39 is 0 Å².